The second-order valence-corrected chi connectivity index (χ2v) is 7.30. The molecule has 30 heavy (non-hydrogen) atoms. The van der Waals surface area contributed by atoms with Crippen molar-refractivity contribution < 1.29 is 18.7 Å². The number of aromatic amines is 1. The van der Waals surface area contributed by atoms with Gasteiger partial charge in [0.2, 0.25) is 5.91 Å². The third-order valence-electron chi connectivity index (χ3n) is 4.42. The Morgan fingerprint density at radius 3 is 2.73 bits per heavy atom. The standard InChI is InChI=1S/C21H18N4O4S/c1-28-20(27)14-8-6-13(7-9-14)10-23-18(26)12-30-21-25-24-19(29-21)16-11-22-17-5-3-2-4-15(16)17/h2-9,11,22H,10,12H2,1H3,(H,23,26). The SMILES string of the molecule is COC(=O)c1ccc(CNC(=O)CSc2nnc(-c3c[nH]c4ccccc34)o2)cc1. The van der Waals surface area contributed by atoms with Crippen LogP contribution in [0.25, 0.3) is 22.4 Å². The Morgan fingerprint density at radius 1 is 1.13 bits per heavy atom. The van der Waals surface area contributed by atoms with Gasteiger partial charge in [0.25, 0.3) is 11.1 Å². The van der Waals surface area contributed by atoms with E-state index in [-0.39, 0.29) is 11.7 Å². The number of para-hydroxylation sites is 1. The first-order valence-electron chi connectivity index (χ1n) is 9.11. The molecule has 0 aliphatic heterocycles. The number of nitrogens with one attached hydrogen (secondary N) is 2. The van der Waals surface area contributed by atoms with Crippen molar-refractivity contribution >= 4 is 34.5 Å². The topological polar surface area (TPSA) is 110 Å². The van der Waals surface area contributed by atoms with Gasteiger partial charge in [0.05, 0.1) is 24.0 Å². The number of esters is 1. The van der Waals surface area contributed by atoms with E-state index in [1.165, 1.54) is 18.9 Å². The number of rotatable bonds is 7. The summed E-state index contributed by atoms with van der Waals surface area (Å²) >= 11 is 1.17. The number of carbonyl (C=O) groups excluding carboxylic acids is 2. The molecule has 0 saturated carbocycles. The average molecular weight is 422 g/mol. The average Bonchev–Trinajstić information content (AvgIpc) is 3.43. The Bertz CT molecular complexity index is 1180. The van der Waals surface area contributed by atoms with E-state index in [1.807, 2.05) is 30.5 Å². The van der Waals surface area contributed by atoms with Crippen LogP contribution in [0, 0.1) is 0 Å². The number of carbonyl (C=O) groups is 2. The van der Waals surface area contributed by atoms with Crippen molar-refractivity contribution in [2.75, 3.05) is 12.9 Å². The largest absolute Gasteiger partial charge is 0.465 e. The van der Waals surface area contributed by atoms with Gasteiger partial charge in [-0.1, -0.05) is 42.1 Å². The number of nitrogens with zero attached hydrogens (tertiary/aromatic N) is 2. The van der Waals surface area contributed by atoms with Crippen LogP contribution in [0.1, 0.15) is 15.9 Å². The summed E-state index contributed by atoms with van der Waals surface area (Å²) in [5, 5.41) is 12.2. The van der Waals surface area contributed by atoms with Crippen molar-refractivity contribution in [3.63, 3.8) is 0 Å². The molecule has 0 spiro atoms. The fourth-order valence-electron chi connectivity index (χ4n) is 2.88. The molecule has 8 nitrogen and oxygen atoms in total. The first-order valence-corrected chi connectivity index (χ1v) is 10.1. The highest BCUT2D eigenvalue weighted by Crippen LogP contribution is 2.29. The summed E-state index contributed by atoms with van der Waals surface area (Å²) in [4.78, 5) is 26.7. The molecule has 0 atom stereocenters. The summed E-state index contributed by atoms with van der Waals surface area (Å²) < 4.78 is 10.4. The summed E-state index contributed by atoms with van der Waals surface area (Å²) in [6, 6.07) is 14.7. The molecular formula is C21H18N4O4S. The molecule has 0 aliphatic carbocycles. The van der Waals surface area contributed by atoms with Gasteiger partial charge in [-0.15, -0.1) is 10.2 Å². The summed E-state index contributed by atoms with van der Waals surface area (Å²) in [5.74, 6) is -0.00560. The highest BCUT2D eigenvalue weighted by Gasteiger charge is 2.14. The van der Waals surface area contributed by atoms with Crippen LogP contribution >= 0.6 is 11.8 Å². The molecule has 1 amide bonds. The first kappa shape index (κ1) is 19.7. The van der Waals surface area contributed by atoms with E-state index in [2.05, 4.69) is 25.2 Å². The molecular weight excluding hydrogens is 404 g/mol. The molecule has 0 unspecified atom stereocenters. The maximum Gasteiger partial charge on any atom is 0.337 e. The van der Waals surface area contributed by atoms with Gasteiger partial charge < -0.3 is 19.5 Å². The lowest BCUT2D eigenvalue weighted by molar-refractivity contribution is -0.118. The zero-order valence-electron chi connectivity index (χ0n) is 16.0. The fourth-order valence-corrected chi connectivity index (χ4v) is 3.47. The van der Waals surface area contributed by atoms with Crippen LogP contribution < -0.4 is 5.32 Å². The summed E-state index contributed by atoms with van der Waals surface area (Å²) in [5.41, 5.74) is 3.15. The molecule has 0 radical (unpaired) electrons. The van der Waals surface area contributed by atoms with E-state index in [0.717, 1.165) is 22.0 Å². The fraction of sp³-hybridized carbons (Fsp3) is 0.143. The number of fused-ring (bicyclic) bond motifs is 1. The normalized spacial score (nSPS) is 10.8. The van der Waals surface area contributed by atoms with Crippen LogP contribution in [0.3, 0.4) is 0 Å². The van der Waals surface area contributed by atoms with Gasteiger partial charge in [-0.3, -0.25) is 4.79 Å². The molecule has 0 fully saturated rings. The van der Waals surface area contributed by atoms with Crippen molar-refractivity contribution in [1.29, 1.82) is 0 Å². The molecule has 0 bridgehead atoms. The molecule has 2 aromatic carbocycles. The molecule has 2 heterocycles. The van der Waals surface area contributed by atoms with Crippen molar-refractivity contribution in [3.8, 4) is 11.5 Å². The van der Waals surface area contributed by atoms with Crippen LogP contribution in [-0.2, 0) is 16.1 Å². The maximum absolute atomic E-state index is 12.1. The Kier molecular flexibility index (Phi) is 5.80. The number of benzene rings is 2. The third-order valence-corrected chi connectivity index (χ3v) is 5.24. The quantitative estimate of drug-likeness (QED) is 0.347. The lowest BCUT2D eigenvalue weighted by atomic mass is 10.1. The minimum absolute atomic E-state index is 0.149. The molecule has 2 N–H and O–H groups in total. The molecule has 2 aromatic heterocycles. The van der Waals surface area contributed by atoms with Gasteiger partial charge in [-0.25, -0.2) is 4.79 Å². The predicted octanol–water partition coefficient (Wildman–Crippen LogP) is 3.41. The Balaban J connectivity index is 1.30. The van der Waals surface area contributed by atoms with Gasteiger partial charge in [0.15, 0.2) is 0 Å². The van der Waals surface area contributed by atoms with Crippen molar-refractivity contribution in [2.45, 2.75) is 11.8 Å². The van der Waals surface area contributed by atoms with Gasteiger partial charge in [-0.05, 0) is 23.8 Å². The molecule has 9 heteroatoms. The number of hydrogen-bond acceptors (Lipinski definition) is 7. The highest BCUT2D eigenvalue weighted by molar-refractivity contribution is 7.99. The zero-order chi connectivity index (χ0) is 20.9. The van der Waals surface area contributed by atoms with Crippen LogP contribution in [-0.4, -0.2) is 39.9 Å². The van der Waals surface area contributed by atoms with E-state index in [0.29, 0.717) is 23.2 Å². The van der Waals surface area contributed by atoms with Crippen molar-refractivity contribution in [2.24, 2.45) is 0 Å². The van der Waals surface area contributed by atoms with Crippen LogP contribution in [0.5, 0.6) is 0 Å². The Morgan fingerprint density at radius 2 is 1.93 bits per heavy atom. The minimum Gasteiger partial charge on any atom is -0.465 e. The Labute approximate surface area is 176 Å². The second kappa shape index (κ2) is 8.83. The highest BCUT2D eigenvalue weighted by atomic mass is 32.2. The second-order valence-electron chi connectivity index (χ2n) is 6.37. The van der Waals surface area contributed by atoms with Crippen molar-refractivity contribution in [3.05, 3.63) is 65.9 Å². The monoisotopic (exact) mass is 422 g/mol. The predicted molar refractivity (Wildman–Crippen MR) is 112 cm³/mol. The summed E-state index contributed by atoms with van der Waals surface area (Å²) in [6.07, 6.45) is 1.82. The summed E-state index contributed by atoms with van der Waals surface area (Å²) in [7, 11) is 1.33. The molecule has 4 aromatic rings. The molecule has 4 rings (SSSR count). The lowest BCUT2D eigenvalue weighted by Gasteiger charge is -2.05. The van der Waals surface area contributed by atoms with Gasteiger partial charge >= 0.3 is 5.97 Å². The lowest BCUT2D eigenvalue weighted by Crippen LogP contribution is -2.24. The van der Waals surface area contributed by atoms with Crippen LogP contribution in [0.2, 0.25) is 0 Å². The van der Waals surface area contributed by atoms with E-state index in [9.17, 15) is 9.59 Å². The minimum atomic E-state index is -0.395. The molecule has 0 aliphatic rings. The number of thioether (sulfide) groups is 1. The van der Waals surface area contributed by atoms with E-state index in [4.69, 9.17) is 4.42 Å². The van der Waals surface area contributed by atoms with E-state index >= 15 is 0 Å². The smallest absolute Gasteiger partial charge is 0.337 e. The first-order chi connectivity index (χ1) is 14.6. The molecule has 0 saturated heterocycles. The van der Waals surface area contributed by atoms with Gasteiger partial charge in [0.1, 0.15) is 0 Å². The number of methoxy groups -OCH3 is 1. The van der Waals surface area contributed by atoms with E-state index < -0.39 is 5.97 Å². The van der Waals surface area contributed by atoms with Crippen LogP contribution in [0.15, 0.2) is 64.4 Å². The number of ether oxygens (including phenoxy) is 1. The van der Waals surface area contributed by atoms with Crippen LogP contribution in [0.4, 0.5) is 0 Å². The van der Waals surface area contributed by atoms with Crippen molar-refractivity contribution in [1.82, 2.24) is 20.5 Å². The number of amides is 1. The Hall–Kier alpha value is -3.59. The number of H-pyrrole nitrogens is 1. The number of aromatic nitrogens is 3. The number of hydrogen-bond donors (Lipinski definition) is 2. The molecule has 152 valence electrons. The zero-order valence-corrected chi connectivity index (χ0v) is 16.9. The van der Waals surface area contributed by atoms with Gasteiger partial charge in [-0.2, -0.15) is 0 Å². The van der Waals surface area contributed by atoms with Gasteiger partial charge in [0, 0.05) is 23.6 Å². The third kappa shape index (κ3) is 4.36. The maximum atomic E-state index is 12.1. The van der Waals surface area contributed by atoms with E-state index in [1.54, 1.807) is 24.3 Å². The summed E-state index contributed by atoms with van der Waals surface area (Å²) in [6.45, 7) is 0.352.